The third kappa shape index (κ3) is 7.57. The summed E-state index contributed by atoms with van der Waals surface area (Å²) in [5.74, 6) is 0.317. The molecule has 0 aromatic heterocycles. The van der Waals surface area contributed by atoms with Crippen molar-refractivity contribution in [2.75, 3.05) is 19.6 Å². The molecule has 2 aromatic rings. The van der Waals surface area contributed by atoms with Crippen LogP contribution in [0.5, 0.6) is 5.75 Å². The first-order valence-corrected chi connectivity index (χ1v) is 9.46. The van der Waals surface area contributed by atoms with E-state index in [4.69, 9.17) is 11.6 Å². The van der Waals surface area contributed by atoms with Crippen molar-refractivity contribution >= 4 is 23.5 Å². The maximum Gasteiger partial charge on any atom is 0.387 e. The van der Waals surface area contributed by atoms with Crippen molar-refractivity contribution in [1.29, 1.82) is 0 Å². The van der Waals surface area contributed by atoms with Gasteiger partial charge in [-0.2, -0.15) is 8.78 Å². The van der Waals surface area contributed by atoms with Gasteiger partial charge in [-0.05, 0) is 25.1 Å². The highest BCUT2D eigenvalue weighted by atomic mass is 35.5. The van der Waals surface area contributed by atoms with Gasteiger partial charge in [-0.15, -0.1) is 0 Å². The van der Waals surface area contributed by atoms with Crippen molar-refractivity contribution in [2.24, 2.45) is 4.99 Å². The fourth-order valence-corrected chi connectivity index (χ4v) is 2.67. The highest BCUT2D eigenvalue weighted by molar-refractivity contribution is 6.33. The van der Waals surface area contributed by atoms with Gasteiger partial charge in [0.25, 0.3) is 5.91 Å². The van der Waals surface area contributed by atoms with Gasteiger partial charge in [0.1, 0.15) is 5.75 Å². The Hall–Kier alpha value is -2.87. The molecule has 1 amide bonds. The Bertz CT molecular complexity index is 834. The number of alkyl halides is 2. The second kappa shape index (κ2) is 11.9. The lowest BCUT2D eigenvalue weighted by Gasteiger charge is -2.13. The Kier molecular flexibility index (Phi) is 9.17. The summed E-state index contributed by atoms with van der Waals surface area (Å²) >= 11 is 6.00. The molecule has 0 spiro atoms. The second-order valence-electron chi connectivity index (χ2n) is 5.84. The lowest BCUT2D eigenvalue weighted by molar-refractivity contribution is -0.0504. The van der Waals surface area contributed by atoms with E-state index in [0.717, 1.165) is 0 Å². The number of benzene rings is 2. The van der Waals surface area contributed by atoms with Gasteiger partial charge in [0.05, 0.1) is 17.1 Å². The SMILES string of the molecule is CCNC(=NCc1ccccc1OC(F)F)NCCNC(=O)c1ccccc1Cl. The number of ether oxygens (including phenoxy) is 1. The summed E-state index contributed by atoms with van der Waals surface area (Å²) in [6.45, 7) is 0.547. The third-order valence-electron chi connectivity index (χ3n) is 3.76. The molecule has 0 unspecified atom stereocenters. The summed E-state index contributed by atoms with van der Waals surface area (Å²) in [7, 11) is 0. The first kappa shape index (κ1) is 22.4. The van der Waals surface area contributed by atoms with Gasteiger partial charge in [0, 0.05) is 25.2 Å². The number of nitrogens with one attached hydrogen (secondary N) is 3. The van der Waals surface area contributed by atoms with Gasteiger partial charge in [0.15, 0.2) is 5.96 Å². The minimum absolute atomic E-state index is 0.0918. The summed E-state index contributed by atoms with van der Waals surface area (Å²) in [5.41, 5.74) is 0.947. The molecule has 0 bridgehead atoms. The van der Waals surface area contributed by atoms with E-state index >= 15 is 0 Å². The summed E-state index contributed by atoms with van der Waals surface area (Å²) in [5, 5.41) is 9.29. The molecule has 0 heterocycles. The number of rotatable bonds is 9. The summed E-state index contributed by atoms with van der Waals surface area (Å²) in [6, 6.07) is 13.3. The lowest BCUT2D eigenvalue weighted by Crippen LogP contribution is -2.41. The first-order chi connectivity index (χ1) is 14.0. The molecule has 0 aliphatic rings. The van der Waals surface area contributed by atoms with Crippen LogP contribution in [0.15, 0.2) is 53.5 Å². The number of halogens is 3. The largest absolute Gasteiger partial charge is 0.434 e. The number of para-hydroxylation sites is 1. The zero-order valence-electron chi connectivity index (χ0n) is 15.9. The molecule has 0 saturated heterocycles. The number of carbonyl (C=O) groups is 1. The van der Waals surface area contributed by atoms with Gasteiger partial charge >= 0.3 is 6.61 Å². The van der Waals surface area contributed by atoms with Crippen molar-refractivity contribution in [3.8, 4) is 5.75 Å². The molecular formula is C20H23ClF2N4O2. The molecule has 0 fully saturated rings. The maximum atomic E-state index is 12.5. The topological polar surface area (TPSA) is 74.8 Å². The molecule has 6 nitrogen and oxygen atoms in total. The average molecular weight is 425 g/mol. The Labute approximate surface area is 173 Å². The average Bonchev–Trinajstić information content (AvgIpc) is 2.70. The van der Waals surface area contributed by atoms with Gasteiger partial charge in [-0.3, -0.25) is 4.79 Å². The molecular weight excluding hydrogens is 402 g/mol. The quantitative estimate of drug-likeness (QED) is 0.327. The van der Waals surface area contributed by atoms with Crippen LogP contribution in [-0.2, 0) is 6.54 Å². The molecule has 156 valence electrons. The maximum absolute atomic E-state index is 12.5. The van der Waals surface area contributed by atoms with Crippen molar-refractivity contribution < 1.29 is 18.3 Å². The van der Waals surface area contributed by atoms with E-state index in [9.17, 15) is 13.6 Å². The van der Waals surface area contributed by atoms with Crippen LogP contribution in [0.2, 0.25) is 5.02 Å². The van der Waals surface area contributed by atoms with Crippen LogP contribution in [0.25, 0.3) is 0 Å². The van der Waals surface area contributed by atoms with Gasteiger partial charge in [-0.1, -0.05) is 41.9 Å². The summed E-state index contributed by atoms with van der Waals surface area (Å²) in [4.78, 5) is 16.5. The van der Waals surface area contributed by atoms with E-state index in [1.165, 1.54) is 6.07 Å². The predicted octanol–water partition coefficient (Wildman–Crippen LogP) is 3.43. The first-order valence-electron chi connectivity index (χ1n) is 9.09. The van der Waals surface area contributed by atoms with E-state index < -0.39 is 6.61 Å². The second-order valence-corrected chi connectivity index (χ2v) is 6.25. The fraction of sp³-hybridized carbons (Fsp3) is 0.300. The van der Waals surface area contributed by atoms with E-state index in [-0.39, 0.29) is 18.2 Å². The fourth-order valence-electron chi connectivity index (χ4n) is 2.45. The molecule has 0 radical (unpaired) electrons. The number of carbonyl (C=O) groups excluding carboxylic acids is 1. The van der Waals surface area contributed by atoms with Crippen LogP contribution in [0.4, 0.5) is 8.78 Å². The molecule has 0 aliphatic carbocycles. The molecule has 0 saturated carbocycles. The monoisotopic (exact) mass is 424 g/mol. The standard InChI is InChI=1S/C20H23ClF2N4O2/c1-2-24-20(27-13-14-7-3-6-10-17(14)29-19(22)23)26-12-11-25-18(28)15-8-4-5-9-16(15)21/h3-10,19H,2,11-13H2,1H3,(H,25,28)(H2,24,26,27). The molecule has 3 N–H and O–H groups in total. The molecule has 2 rings (SSSR count). The van der Waals surface area contributed by atoms with Crippen molar-refractivity contribution in [2.45, 2.75) is 20.1 Å². The van der Waals surface area contributed by atoms with Crippen LogP contribution in [0, 0.1) is 0 Å². The van der Waals surface area contributed by atoms with Gasteiger partial charge in [-0.25, -0.2) is 4.99 Å². The van der Waals surface area contributed by atoms with E-state index in [1.54, 1.807) is 42.5 Å². The van der Waals surface area contributed by atoms with E-state index in [0.29, 0.717) is 41.7 Å². The van der Waals surface area contributed by atoms with Gasteiger partial charge in [0.2, 0.25) is 0 Å². The van der Waals surface area contributed by atoms with E-state index in [2.05, 4.69) is 25.7 Å². The summed E-state index contributed by atoms with van der Waals surface area (Å²) in [6.07, 6.45) is 0. The van der Waals surface area contributed by atoms with Crippen LogP contribution in [0.3, 0.4) is 0 Å². The highest BCUT2D eigenvalue weighted by Crippen LogP contribution is 2.20. The van der Waals surface area contributed by atoms with Crippen molar-refractivity contribution in [3.63, 3.8) is 0 Å². The number of nitrogens with zero attached hydrogens (tertiary/aromatic N) is 1. The normalized spacial score (nSPS) is 11.3. The number of aliphatic imine (C=N–C) groups is 1. The number of amides is 1. The third-order valence-corrected chi connectivity index (χ3v) is 4.09. The molecule has 29 heavy (non-hydrogen) atoms. The Balaban J connectivity index is 1.88. The smallest absolute Gasteiger partial charge is 0.387 e. The van der Waals surface area contributed by atoms with Crippen LogP contribution >= 0.6 is 11.6 Å². The molecule has 0 atom stereocenters. The highest BCUT2D eigenvalue weighted by Gasteiger charge is 2.10. The summed E-state index contributed by atoms with van der Waals surface area (Å²) < 4.78 is 29.5. The predicted molar refractivity (Wildman–Crippen MR) is 110 cm³/mol. The minimum Gasteiger partial charge on any atom is -0.434 e. The van der Waals surface area contributed by atoms with Crippen LogP contribution in [0.1, 0.15) is 22.8 Å². The zero-order chi connectivity index (χ0) is 21.1. The number of hydrogen-bond donors (Lipinski definition) is 3. The Morgan fingerprint density at radius 2 is 1.76 bits per heavy atom. The molecule has 2 aromatic carbocycles. The van der Waals surface area contributed by atoms with Gasteiger partial charge < -0.3 is 20.7 Å². The lowest BCUT2D eigenvalue weighted by atomic mass is 10.2. The van der Waals surface area contributed by atoms with Crippen LogP contribution < -0.4 is 20.7 Å². The molecule has 9 heteroatoms. The van der Waals surface area contributed by atoms with Crippen LogP contribution in [-0.4, -0.2) is 38.1 Å². The minimum atomic E-state index is -2.90. The Morgan fingerprint density at radius 1 is 1.07 bits per heavy atom. The number of guanidine groups is 1. The Morgan fingerprint density at radius 3 is 2.48 bits per heavy atom. The number of hydrogen-bond acceptors (Lipinski definition) is 3. The zero-order valence-corrected chi connectivity index (χ0v) is 16.7. The molecule has 0 aliphatic heterocycles. The van der Waals surface area contributed by atoms with E-state index in [1.807, 2.05) is 6.92 Å². The van der Waals surface area contributed by atoms with Crippen molar-refractivity contribution in [1.82, 2.24) is 16.0 Å². The van der Waals surface area contributed by atoms with Crippen molar-refractivity contribution in [3.05, 3.63) is 64.7 Å².